The van der Waals surface area contributed by atoms with Crippen LogP contribution in [0.5, 0.6) is 11.5 Å². The zero-order valence-corrected chi connectivity index (χ0v) is 17.9. The molecule has 32 heavy (non-hydrogen) atoms. The standard InChI is InChI=1S/C21H18ClN5O5/c1-31-17-7-16(8-18(9-17)32-2)25-12-14-10-23-20(22)24-19(14)26(21(25)28)11-13-3-5-15(6-4-13)27(29)30/h3-10H,11-12H2,1-2H3. The Morgan fingerprint density at radius 3 is 2.38 bits per heavy atom. The van der Waals surface area contributed by atoms with E-state index in [1.165, 1.54) is 31.3 Å². The number of ether oxygens (including phenoxy) is 2. The maximum atomic E-state index is 13.5. The van der Waals surface area contributed by atoms with E-state index in [9.17, 15) is 14.9 Å². The lowest BCUT2D eigenvalue weighted by Crippen LogP contribution is -2.47. The number of nitro benzene ring substituents is 1. The fraction of sp³-hybridized carbons (Fsp3) is 0.190. The molecule has 0 saturated carbocycles. The molecule has 0 spiro atoms. The Morgan fingerprint density at radius 1 is 1.12 bits per heavy atom. The summed E-state index contributed by atoms with van der Waals surface area (Å²) in [5.41, 5.74) is 1.92. The Labute approximate surface area is 188 Å². The van der Waals surface area contributed by atoms with Crippen molar-refractivity contribution < 1.29 is 19.2 Å². The molecule has 2 amide bonds. The second-order valence-corrected chi connectivity index (χ2v) is 7.28. The Kier molecular flexibility index (Phi) is 5.78. The third-order valence-corrected chi connectivity index (χ3v) is 5.18. The van der Waals surface area contributed by atoms with Crippen molar-refractivity contribution in [2.24, 2.45) is 0 Å². The molecular formula is C21H18ClN5O5. The first-order valence-electron chi connectivity index (χ1n) is 9.46. The van der Waals surface area contributed by atoms with Gasteiger partial charge < -0.3 is 9.47 Å². The molecule has 0 saturated heterocycles. The van der Waals surface area contributed by atoms with Crippen LogP contribution in [0.1, 0.15) is 11.1 Å². The third kappa shape index (κ3) is 4.12. The summed E-state index contributed by atoms with van der Waals surface area (Å²) in [7, 11) is 3.06. The number of non-ortho nitro benzene ring substituents is 1. The SMILES string of the molecule is COc1cc(OC)cc(N2Cc3cnc(Cl)nc3N(Cc3ccc([N+](=O)[O-])cc3)C2=O)c1. The number of carbonyl (C=O) groups is 1. The Bertz CT molecular complexity index is 1170. The van der Waals surface area contributed by atoms with Crippen molar-refractivity contribution in [2.45, 2.75) is 13.1 Å². The van der Waals surface area contributed by atoms with Crippen LogP contribution in [0.25, 0.3) is 0 Å². The average molecular weight is 456 g/mol. The number of methoxy groups -OCH3 is 2. The highest BCUT2D eigenvalue weighted by Crippen LogP contribution is 2.35. The summed E-state index contributed by atoms with van der Waals surface area (Å²) in [5, 5.41) is 11.0. The summed E-state index contributed by atoms with van der Waals surface area (Å²) in [5.74, 6) is 1.46. The smallest absolute Gasteiger partial charge is 0.330 e. The van der Waals surface area contributed by atoms with Crippen molar-refractivity contribution in [2.75, 3.05) is 24.0 Å². The van der Waals surface area contributed by atoms with Gasteiger partial charge in [-0.3, -0.25) is 19.9 Å². The molecule has 11 heteroatoms. The Hall–Kier alpha value is -3.92. The van der Waals surface area contributed by atoms with Crippen LogP contribution >= 0.6 is 11.6 Å². The molecule has 10 nitrogen and oxygen atoms in total. The summed E-state index contributed by atoms with van der Waals surface area (Å²) in [6.07, 6.45) is 1.57. The van der Waals surface area contributed by atoms with Crippen LogP contribution < -0.4 is 19.3 Å². The maximum absolute atomic E-state index is 13.5. The maximum Gasteiger partial charge on any atom is 0.330 e. The van der Waals surface area contributed by atoms with E-state index in [4.69, 9.17) is 21.1 Å². The number of carbonyl (C=O) groups excluding carboxylic acids is 1. The van der Waals surface area contributed by atoms with Gasteiger partial charge in [0.1, 0.15) is 17.3 Å². The molecule has 2 aromatic carbocycles. The lowest BCUT2D eigenvalue weighted by Gasteiger charge is -2.36. The van der Waals surface area contributed by atoms with Crippen molar-refractivity contribution in [3.63, 3.8) is 0 Å². The lowest BCUT2D eigenvalue weighted by atomic mass is 10.1. The molecule has 0 bridgehead atoms. The van der Waals surface area contributed by atoms with Crippen molar-refractivity contribution in [1.29, 1.82) is 0 Å². The van der Waals surface area contributed by atoms with Crippen LogP contribution in [0.3, 0.4) is 0 Å². The van der Waals surface area contributed by atoms with Crippen LogP contribution in [-0.4, -0.2) is 35.1 Å². The number of nitrogens with zero attached hydrogens (tertiary/aromatic N) is 5. The van der Waals surface area contributed by atoms with Crippen LogP contribution in [0, 0.1) is 10.1 Å². The van der Waals surface area contributed by atoms with Gasteiger partial charge in [-0.2, -0.15) is 4.98 Å². The van der Waals surface area contributed by atoms with Gasteiger partial charge in [-0.1, -0.05) is 12.1 Å². The van der Waals surface area contributed by atoms with Crippen molar-refractivity contribution in [1.82, 2.24) is 9.97 Å². The number of hydrogen-bond acceptors (Lipinski definition) is 7. The largest absolute Gasteiger partial charge is 0.497 e. The minimum atomic E-state index is -0.476. The molecular weight excluding hydrogens is 438 g/mol. The number of amides is 2. The topological polar surface area (TPSA) is 111 Å². The summed E-state index contributed by atoms with van der Waals surface area (Å²) in [6.45, 7) is 0.354. The van der Waals surface area contributed by atoms with Crippen LogP contribution in [0.2, 0.25) is 5.28 Å². The van der Waals surface area contributed by atoms with E-state index >= 15 is 0 Å². The summed E-state index contributed by atoms with van der Waals surface area (Å²) in [6, 6.07) is 10.8. The highest BCUT2D eigenvalue weighted by atomic mass is 35.5. The molecule has 1 aromatic heterocycles. The molecule has 0 fully saturated rings. The number of fused-ring (bicyclic) bond motifs is 1. The molecule has 4 rings (SSSR count). The molecule has 0 aliphatic carbocycles. The number of nitro groups is 1. The molecule has 0 atom stereocenters. The fourth-order valence-electron chi connectivity index (χ4n) is 3.39. The van der Waals surface area contributed by atoms with E-state index in [1.54, 1.807) is 41.4 Å². The van der Waals surface area contributed by atoms with Crippen molar-refractivity contribution in [3.05, 3.63) is 75.2 Å². The first-order valence-corrected chi connectivity index (χ1v) is 9.84. The number of anilines is 2. The van der Waals surface area contributed by atoms with E-state index in [0.29, 0.717) is 34.1 Å². The van der Waals surface area contributed by atoms with E-state index in [-0.39, 0.29) is 30.1 Å². The number of rotatable bonds is 6. The van der Waals surface area contributed by atoms with Gasteiger partial charge in [0.2, 0.25) is 5.28 Å². The van der Waals surface area contributed by atoms with E-state index in [0.717, 1.165) is 0 Å². The molecule has 0 unspecified atom stereocenters. The first-order chi connectivity index (χ1) is 15.4. The molecule has 1 aliphatic rings. The minimum Gasteiger partial charge on any atom is -0.497 e. The summed E-state index contributed by atoms with van der Waals surface area (Å²) in [4.78, 5) is 35.3. The van der Waals surface area contributed by atoms with Gasteiger partial charge in [0, 0.05) is 42.1 Å². The lowest BCUT2D eigenvalue weighted by molar-refractivity contribution is -0.384. The minimum absolute atomic E-state index is 0.0155. The highest BCUT2D eigenvalue weighted by Gasteiger charge is 2.33. The van der Waals surface area contributed by atoms with E-state index < -0.39 is 4.92 Å². The van der Waals surface area contributed by atoms with Gasteiger partial charge in [0.15, 0.2) is 0 Å². The molecule has 164 valence electrons. The summed E-state index contributed by atoms with van der Waals surface area (Å²) >= 11 is 6.00. The first kappa shape index (κ1) is 21.3. The van der Waals surface area contributed by atoms with Gasteiger partial charge in [0.25, 0.3) is 5.69 Å². The predicted octanol–water partition coefficient (Wildman–Crippen LogP) is 4.20. The van der Waals surface area contributed by atoms with E-state index in [1.807, 2.05) is 0 Å². The third-order valence-electron chi connectivity index (χ3n) is 4.99. The van der Waals surface area contributed by atoms with Crippen LogP contribution in [0.4, 0.5) is 22.0 Å². The monoisotopic (exact) mass is 455 g/mol. The predicted molar refractivity (Wildman–Crippen MR) is 117 cm³/mol. The average Bonchev–Trinajstić information content (AvgIpc) is 2.80. The summed E-state index contributed by atoms with van der Waals surface area (Å²) < 4.78 is 10.7. The number of hydrogen-bond donors (Lipinski definition) is 0. The molecule has 2 heterocycles. The fourth-order valence-corrected chi connectivity index (χ4v) is 3.52. The highest BCUT2D eigenvalue weighted by molar-refractivity contribution is 6.28. The van der Waals surface area contributed by atoms with Crippen LogP contribution in [-0.2, 0) is 13.1 Å². The quantitative estimate of drug-likeness (QED) is 0.311. The molecule has 0 N–H and O–H groups in total. The number of urea groups is 1. The second-order valence-electron chi connectivity index (χ2n) is 6.94. The zero-order valence-electron chi connectivity index (χ0n) is 17.2. The molecule has 0 radical (unpaired) electrons. The van der Waals surface area contributed by atoms with Gasteiger partial charge in [-0.05, 0) is 17.2 Å². The molecule has 3 aromatic rings. The number of benzene rings is 2. The van der Waals surface area contributed by atoms with Gasteiger partial charge in [0.05, 0.1) is 37.9 Å². The molecule has 1 aliphatic heterocycles. The van der Waals surface area contributed by atoms with Crippen molar-refractivity contribution in [3.8, 4) is 11.5 Å². The van der Waals surface area contributed by atoms with Crippen LogP contribution in [0.15, 0.2) is 48.7 Å². The van der Waals surface area contributed by atoms with Gasteiger partial charge >= 0.3 is 6.03 Å². The Balaban J connectivity index is 1.74. The Morgan fingerprint density at radius 2 is 1.78 bits per heavy atom. The van der Waals surface area contributed by atoms with Gasteiger partial charge in [-0.25, -0.2) is 9.78 Å². The number of halogens is 1. The van der Waals surface area contributed by atoms with Crippen molar-refractivity contribution >= 4 is 34.8 Å². The zero-order chi connectivity index (χ0) is 22.8. The second kappa shape index (κ2) is 8.67. The number of aromatic nitrogens is 2. The van der Waals surface area contributed by atoms with E-state index in [2.05, 4.69) is 9.97 Å². The normalized spacial score (nSPS) is 13.0. The van der Waals surface area contributed by atoms with Gasteiger partial charge in [-0.15, -0.1) is 0 Å².